The molecule has 0 aromatic heterocycles. The highest BCUT2D eigenvalue weighted by molar-refractivity contribution is 5.89. The summed E-state index contributed by atoms with van der Waals surface area (Å²) < 4.78 is 14.9. The van der Waals surface area contributed by atoms with Crippen LogP contribution in [0.1, 0.15) is 17.3 Å². The van der Waals surface area contributed by atoms with E-state index in [4.69, 9.17) is 14.2 Å². The van der Waals surface area contributed by atoms with Gasteiger partial charge in [0.2, 0.25) is 6.79 Å². The Morgan fingerprint density at radius 1 is 1.38 bits per heavy atom. The molecule has 0 saturated heterocycles. The summed E-state index contributed by atoms with van der Waals surface area (Å²) in [4.78, 5) is 23.1. The number of hydrogen-bond acceptors (Lipinski definition) is 5. The van der Waals surface area contributed by atoms with Crippen molar-refractivity contribution in [3.05, 3.63) is 34.0 Å². The van der Waals surface area contributed by atoms with Crippen molar-refractivity contribution in [1.29, 1.82) is 0 Å². The first-order valence-electron chi connectivity index (χ1n) is 4.83. The van der Waals surface area contributed by atoms with Gasteiger partial charge in [-0.05, 0) is 19.1 Å². The molecule has 2 rings (SSSR count). The van der Waals surface area contributed by atoms with Gasteiger partial charge in [-0.15, -0.1) is 0 Å². The molecule has 0 unspecified atom stereocenters. The van der Waals surface area contributed by atoms with Crippen LogP contribution in [0, 0.1) is 0 Å². The van der Waals surface area contributed by atoms with E-state index in [-0.39, 0.29) is 19.0 Å². The van der Waals surface area contributed by atoms with E-state index in [0.29, 0.717) is 11.5 Å². The van der Waals surface area contributed by atoms with Crippen molar-refractivity contribution < 1.29 is 19.0 Å². The summed E-state index contributed by atoms with van der Waals surface area (Å²) in [5.41, 5.74) is -0.464. The highest BCUT2D eigenvalue weighted by Gasteiger charge is 2.16. The maximum absolute atomic E-state index is 11.7. The zero-order valence-electron chi connectivity index (χ0n) is 8.69. The smallest absolute Gasteiger partial charge is 0.342 e. The number of fused-ring (bicyclic) bond motifs is 1. The van der Waals surface area contributed by atoms with Gasteiger partial charge >= 0.3 is 5.97 Å². The molecule has 0 spiro atoms. The minimum atomic E-state index is -0.638. The van der Waals surface area contributed by atoms with Gasteiger partial charge in [0.05, 0.1) is 6.61 Å². The molecule has 84 valence electrons. The van der Waals surface area contributed by atoms with Crippen molar-refractivity contribution in [2.45, 2.75) is 6.92 Å². The van der Waals surface area contributed by atoms with E-state index in [1.807, 2.05) is 0 Å². The largest absolute Gasteiger partial charge is 0.462 e. The zero-order chi connectivity index (χ0) is 11.5. The molecule has 0 aliphatic carbocycles. The van der Waals surface area contributed by atoms with Crippen LogP contribution in [0.5, 0.6) is 11.5 Å². The quantitative estimate of drug-likeness (QED) is 0.697. The van der Waals surface area contributed by atoms with Crippen LogP contribution in [-0.2, 0) is 4.74 Å². The van der Waals surface area contributed by atoms with Crippen LogP contribution in [-0.4, -0.2) is 19.4 Å². The van der Waals surface area contributed by atoms with E-state index in [9.17, 15) is 9.59 Å². The number of carbonyl (C=O) groups is 1. The molecule has 0 N–H and O–H groups in total. The lowest BCUT2D eigenvalue weighted by Gasteiger charge is -1.97. The average molecular weight is 222 g/mol. The lowest BCUT2D eigenvalue weighted by Crippen LogP contribution is -2.14. The van der Waals surface area contributed by atoms with Crippen molar-refractivity contribution >= 4 is 5.97 Å². The Kier molecular flexibility index (Phi) is 2.76. The van der Waals surface area contributed by atoms with Gasteiger partial charge < -0.3 is 14.2 Å². The first-order valence-corrected chi connectivity index (χ1v) is 4.83. The van der Waals surface area contributed by atoms with E-state index >= 15 is 0 Å². The third-order valence-electron chi connectivity index (χ3n) is 2.10. The first kappa shape index (κ1) is 10.5. The van der Waals surface area contributed by atoms with Crippen LogP contribution in [0.25, 0.3) is 0 Å². The molecule has 1 aromatic carbocycles. The molecular formula is C11H10O5. The summed E-state index contributed by atoms with van der Waals surface area (Å²) in [6, 6.07) is 4.14. The molecule has 1 aliphatic rings. The molecule has 1 aliphatic heterocycles. The number of ether oxygens (including phenoxy) is 3. The summed E-state index contributed by atoms with van der Waals surface area (Å²) in [6.45, 7) is 1.99. The SMILES string of the molecule is CCOC(=O)c1ccc2c(cc1=O)OCO2. The molecule has 5 heteroatoms. The van der Waals surface area contributed by atoms with E-state index in [0.717, 1.165) is 0 Å². The van der Waals surface area contributed by atoms with Gasteiger partial charge in [-0.2, -0.15) is 0 Å². The molecule has 0 bridgehead atoms. The second kappa shape index (κ2) is 4.22. The maximum Gasteiger partial charge on any atom is 0.342 e. The molecule has 1 heterocycles. The van der Waals surface area contributed by atoms with Crippen molar-refractivity contribution in [3.8, 4) is 11.5 Å². The predicted molar refractivity (Wildman–Crippen MR) is 54.8 cm³/mol. The van der Waals surface area contributed by atoms with Crippen LogP contribution in [0.3, 0.4) is 0 Å². The van der Waals surface area contributed by atoms with Gasteiger partial charge in [0.25, 0.3) is 0 Å². The Labute approximate surface area is 91.6 Å². The summed E-state index contributed by atoms with van der Waals surface area (Å²) in [5.74, 6) is 0.161. The molecule has 1 aromatic rings. The molecule has 0 radical (unpaired) electrons. The second-order valence-corrected chi connectivity index (χ2v) is 3.11. The summed E-state index contributed by atoms with van der Waals surface area (Å²) in [6.07, 6.45) is 0. The van der Waals surface area contributed by atoms with Gasteiger partial charge in [-0.25, -0.2) is 4.79 Å². The zero-order valence-corrected chi connectivity index (χ0v) is 8.69. The Bertz CT molecular complexity index is 480. The fraction of sp³-hybridized carbons (Fsp3) is 0.273. The molecule has 0 amide bonds. The minimum absolute atomic E-state index is 0.0246. The summed E-state index contributed by atoms with van der Waals surface area (Å²) >= 11 is 0. The van der Waals surface area contributed by atoms with Crippen LogP contribution in [0.4, 0.5) is 0 Å². The fourth-order valence-electron chi connectivity index (χ4n) is 1.36. The average Bonchev–Trinajstić information content (AvgIpc) is 2.60. The van der Waals surface area contributed by atoms with E-state index in [2.05, 4.69) is 0 Å². The Hall–Kier alpha value is -2.04. The highest BCUT2D eigenvalue weighted by Crippen LogP contribution is 2.29. The monoisotopic (exact) mass is 222 g/mol. The van der Waals surface area contributed by atoms with Gasteiger partial charge in [0.15, 0.2) is 16.9 Å². The Morgan fingerprint density at radius 3 is 2.88 bits per heavy atom. The number of esters is 1. The lowest BCUT2D eigenvalue weighted by molar-refractivity contribution is 0.0525. The summed E-state index contributed by atoms with van der Waals surface area (Å²) in [7, 11) is 0. The molecule has 5 nitrogen and oxygen atoms in total. The maximum atomic E-state index is 11.7. The van der Waals surface area contributed by atoms with Gasteiger partial charge in [-0.1, -0.05) is 0 Å². The van der Waals surface area contributed by atoms with Crippen molar-refractivity contribution in [1.82, 2.24) is 0 Å². The number of carbonyl (C=O) groups excluding carboxylic acids is 1. The Balaban J connectivity index is 2.46. The standard InChI is InChI=1S/C11H10O5/c1-2-14-11(13)7-3-4-9-10(5-8(7)12)16-6-15-9/h3-5H,2,6H2,1H3. The topological polar surface area (TPSA) is 61.8 Å². The number of rotatable bonds is 2. The van der Waals surface area contributed by atoms with Crippen molar-refractivity contribution in [2.75, 3.05) is 13.4 Å². The van der Waals surface area contributed by atoms with E-state index < -0.39 is 11.4 Å². The van der Waals surface area contributed by atoms with Gasteiger partial charge in [0, 0.05) is 6.07 Å². The van der Waals surface area contributed by atoms with Crippen molar-refractivity contribution in [2.24, 2.45) is 0 Å². The molecule has 0 atom stereocenters. The fourth-order valence-corrected chi connectivity index (χ4v) is 1.36. The van der Waals surface area contributed by atoms with E-state index in [1.54, 1.807) is 6.92 Å². The minimum Gasteiger partial charge on any atom is -0.462 e. The predicted octanol–water partition coefficient (Wildman–Crippen LogP) is 0.952. The second-order valence-electron chi connectivity index (χ2n) is 3.11. The normalized spacial score (nSPS) is 12.3. The molecule has 0 fully saturated rings. The molecule has 0 saturated carbocycles. The Morgan fingerprint density at radius 2 is 2.12 bits per heavy atom. The third kappa shape index (κ3) is 1.84. The number of hydrogen-bond donors (Lipinski definition) is 0. The van der Waals surface area contributed by atoms with Gasteiger partial charge in [0.1, 0.15) is 5.56 Å². The molecular weight excluding hydrogens is 212 g/mol. The van der Waals surface area contributed by atoms with Crippen LogP contribution >= 0.6 is 0 Å². The van der Waals surface area contributed by atoms with Crippen LogP contribution < -0.4 is 14.9 Å². The van der Waals surface area contributed by atoms with E-state index in [1.165, 1.54) is 18.2 Å². The van der Waals surface area contributed by atoms with Crippen LogP contribution in [0.2, 0.25) is 0 Å². The van der Waals surface area contributed by atoms with Crippen LogP contribution in [0.15, 0.2) is 23.0 Å². The third-order valence-corrected chi connectivity index (χ3v) is 2.10. The molecule has 16 heavy (non-hydrogen) atoms. The highest BCUT2D eigenvalue weighted by atomic mass is 16.7. The summed E-state index contributed by atoms with van der Waals surface area (Å²) in [5, 5.41) is 0. The first-order chi connectivity index (χ1) is 7.72. The van der Waals surface area contributed by atoms with Crippen molar-refractivity contribution in [3.63, 3.8) is 0 Å². The lowest BCUT2D eigenvalue weighted by atomic mass is 10.3. The van der Waals surface area contributed by atoms with Gasteiger partial charge in [-0.3, -0.25) is 4.79 Å².